The Labute approximate surface area is 153 Å². The number of anilines is 1. The van der Waals surface area contributed by atoms with E-state index in [0.29, 0.717) is 0 Å². The van der Waals surface area contributed by atoms with Crippen LogP contribution in [-0.2, 0) is 4.74 Å². The van der Waals surface area contributed by atoms with Gasteiger partial charge in [-0.15, -0.1) is 0 Å². The number of imidazole rings is 1. The molecule has 1 amide bonds. The maximum atomic E-state index is 12.4. The number of benzene rings is 2. The van der Waals surface area contributed by atoms with Gasteiger partial charge in [0.2, 0.25) is 5.95 Å². The minimum absolute atomic E-state index is 0.0575. The lowest BCUT2D eigenvalue weighted by atomic mass is 10.0. The van der Waals surface area contributed by atoms with Crippen LogP contribution in [0.1, 0.15) is 17.2 Å². The average Bonchev–Trinajstić information content (AvgIpc) is 3.17. The van der Waals surface area contributed by atoms with Crippen molar-refractivity contribution >= 4 is 23.2 Å². The Hall–Kier alpha value is -3.94. The van der Waals surface area contributed by atoms with Crippen molar-refractivity contribution in [1.29, 1.82) is 0 Å². The van der Waals surface area contributed by atoms with Gasteiger partial charge in [0.25, 0.3) is 5.56 Å². The molecule has 0 saturated carbocycles. The summed E-state index contributed by atoms with van der Waals surface area (Å²) in [6.45, 7) is 0. The normalized spacial score (nSPS) is 10.9. The molecule has 0 aliphatic rings. The molecule has 3 N–H and O–H groups in total. The number of hydrogen-bond acceptors (Lipinski definition) is 5. The maximum Gasteiger partial charge on any atom is 0.414 e. The van der Waals surface area contributed by atoms with Gasteiger partial charge in [-0.1, -0.05) is 60.7 Å². The van der Waals surface area contributed by atoms with Gasteiger partial charge in [0, 0.05) is 0 Å². The van der Waals surface area contributed by atoms with Crippen LogP contribution in [0.2, 0.25) is 0 Å². The largest absolute Gasteiger partial charge is 0.436 e. The Morgan fingerprint density at radius 2 is 1.67 bits per heavy atom. The number of carbonyl (C=O) groups excluding carboxylic acids is 1. The predicted octanol–water partition coefficient (Wildman–Crippen LogP) is 2.78. The Kier molecular flexibility index (Phi) is 4.36. The molecular formula is C19H14N5O3. The van der Waals surface area contributed by atoms with E-state index in [2.05, 4.69) is 31.6 Å². The second-order valence-electron chi connectivity index (χ2n) is 5.69. The van der Waals surface area contributed by atoms with Gasteiger partial charge in [-0.3, -0.25) is 15.1 Å². The summed E-state index contributed by atoms with van der Waals surface area (Å²) in [4.78, 5) is 37.2. The summed E-state index contributed by atoms with van der Waals surface area (Å²) in [5, 5.41) is 2.44. The third-order valence-electron chi connectivity index (χ3n) is 3.89. The molecule has 4 aromatic rings. The number of H-pyrrole nitrogens is 2. The van der Waals surface area contributed by atoms with Crippen molar-refractivity contribution < 1.29 is 9.53 Å². The van der Waals surface area contributed by atoms with Crippen LogP contribution in [0.4, 0.5) is 10.7 Å². The number of aromatic amines is 2. The van der Waals surface area contributed by atoms with Gasteiger partial charge in [0.1, 0.15) is 0 Å². The van der Waals surface area contributed by atoms with Crippen molar-refractivity contribution in [3.8, 4) is 0 Å². The summed E-state index contributed by atoms with van der Waals surface area (Å²) in [5.41, 5.74) is 1.50. The summed E-state index contributed by atoms with van der Waals surface area (Å²) in [6.07, 6.45) is 1.07. The first-order valence-electron chi connectivity index (χ1n) is 8.14. The Morgan fingerprint density at radius 3 is 2.30 bits per heavy atom. The molecule has 0 aliphatic carbocycles. The van der Waals surface area contributed by atoms with Gasteiger partial charge in [0.05, 0.1) is 0 Å². The Morgan fingerprint density at radius 1 is 1.04 bits per heavy atom. The van der Waals surface area contributed by atoms with Crippen molar-refractivity contribution in [2.24, 2.45) is 0 Å². The molecule has 133 valence electrons. The van der Waals surface area contributed by atoms with Crippen molar-refractivity contribution in [2.45, 2.75) is 6.10 Å². The van der Waals surface area contributed by atoms with Gasteiger partial charge >= 0.3 is 6.09 Å². The van der Waals surface area contributed by atoms with Crippen molar-refractivity contribution in [2.75, 3.05) is 5.32 Å². The molecular weight excluding hydrogens is 346 g/mol. The second kappa shape index (κ2) is 7.12. The number of nitrogens with one attached hydrogen (secondary N) is 3. The van der Waals surface area contributed by atoms with Crippen LogP contribution in [-0.4, -0.2) is 26.0 Å². The molecule has 4 rings (SSSR count). The summed E-state index contributed by atoms with van der Waals surface area (Å²) < 4.78 is 5.61. The average molecular weight is 360 g/mol. The lowest BCUT2D eigenvalue weighted by Gasteiger charge is -2.19. The highest BCUT2D eigenvalue weighted by atomic mass is 16.6. The van der Waals surface area contributed by atoms with E-state index in [1.807, 2.05) is 60.7 Å². The highest BCUT2D eigenvalue weighted by Crippen LogP contribution is 2.26. The van der Waals surface area contributed by atoms with Gasteiger partial charge in [-0.25, -0.2) is 9.78 Å². The van der Waals surface area contributed by atoms with Crippen LogP contribution in [0, 0.1) is 6.33 Å². The van der Waals surface area contributed by atoms with E-state index < -0.39 is 17.8 Å². The van der Waals surface area contributed by atoms with E-state index in [9.17, 15) is 9.59 Å². The van der Waals surface area contributed by atoms with Gasteiger partial charge in [-0.2, -0.15) is 4.98 Å². The molecule has 0 bridgehead atoms. The lowest BCUT2D eigenvalue weighted by molar-refractivity contribution is 0.131. The first-order chi connectivity index (χ1) is 13.2. The van der Waals surface area contributed by atoms with E-state index in [1.165, 1.54) is 0 Å². The minimum Gasteiger partial charge on any atom is -0.436 e. The molecule has 0 spiro atoms. The van der Waals surface area contributed by atoms with Gasteiger partial charge < -0.3 is 9.72 Å². The summed E-state index contributed by atoms with van der Waals surface area (Å²) in [6, 6.07) is 18.7. The maximum absolute atomic E-state index is 12.4. The topological polar surface area (TPSA) is 113 Å². The zero-order valence-corrected chi connectivity index (χ0v) is 14.0. The molecule has 0 fully saturated rings. The molecule has 0 saturated heterocycles. The van der Waals surface area contributed by atoms with Crippen molar-refractivity contribution in [3.63, 3.8) is 0 Å². The molecule has 2 aromatic carbocycles. The second-order valence-corrected chi connectivity index (χ2v) is 5.69. The summed E-state index contributed by atoms with van der Waals surface area (Å²) in [5.74, 6) is -0.0575. The third-order valence-corrected chi connectivity index (χ3v) is 3.89. The van der Waals surface area contributed by atoms with Crippen LogP contribution in [0.25, 0.3) is 11.2 Å². The fourth-order valence-electron chi connectivity index (χ4n) is 2.67. The Bertz CT molecular complexity index is 1080. The van der Waals surface area contributed by atoms with Crippen molar-refractivity contribution in [3.05, 3.63) is 88.5 Å². The first-order valence-corrected chi connectivity index (χ1v) is 8.14. The number of hydrogen-bond donors (Lipinski definition) is 3. The fraction of sp³-hybridized carbons (Fsp3) is 0.0526. The number of nitrogens with zero attached hydrogens (tertiary/aromatic N) is 2. The highest BCUT2D eigenvalue weighted by molar-refractivity contribution is 5.83. The molecule has 0 unspecified atom stereocenters. The van der Waals surface area contributed by atoms with Gasteiger partial charge in [0.15, 0.2) is 23.6 Å². The number of fused-ring (bicyclic) bond motifs is 1. The summed E-state index contributed by atoms with van der Waals surface area (Å²) in [7, 11) is 0. The third kappa shape index (κ3) is 3.54. The number of amides is 1. The number of rotatable bonds is 4. The van der Waals surface area contributed by atoms with Crippen LogP contribution in [0.15, 0.2) is 65.5 Å². The quantitative estimate of drug-likeness (QED) is 0.518. The van der Waals surface area contributed by atoms with E-state index in [1.54, 1.807) is 0 Å². The number of carbonyl (C=O) groups is 1. The van der Waals surface area contributed by atoms with E-state index in [4.69, 9.17) is 4.74 Å². The van der Waals surface area contributed by atoms with E-state index >= 15 is 0 Å². The fourth-order valence-corrected chi connectivity index (χ4v) is 2.67. The lowest BCUT2D eigenvalue weighted by Crippen LogP contribution is -2.21. The number of aromatic nitrogens is 4. The molecule has 2 heterocycles. The van der Waals surface area contributed by atoms with Crippen LogP contribution < -0.4 is 10.9 Å². The molecule has 8 nitrogen and oxygen atoms in total. The monoisotopic (exact) mass is 360 g/mol. The van der Waals surface area contributed by atoms with E-state index in [-0.39, 0.29) is 17.1 Å². The highest BCUT2D eigenvalue weighted by Gasteiger charge is 2.19. The van der Waals surface area contributed by atoms with Crippen LogP contribution in [0.5, 0.6) is 0 Å². The molecule has 8 heteroatoms. The smallest absolute Gasteiger partial charge is 0.414 e. The molecule has 27 heavy (non-hydrogen) atoms. The molecule has 0 aliphatic heterocycles. The van der Waals surface area contributed by atoms with Crippen LogP contribution >= 0.6 is 0 Å². The van der Waals surface area contributed by atoms with Crippen molar-refractivity contribution in [1.82, 2.24) is 19.9 Å². The zero-order chi connectivity index (χ0) is 18.6. The standard InChI is InChI=1S/C19H14N5O3/c25-17-14-16(21-11-20-14)22-18(23-17)24-19(26)27-15(12-7-3-1-4-8-12)13-9-5-2-6-10-13/h1-10,15H,(H3,20,21,22,23,24,25,26). The first kappa shape index (κ1) is 16.5. The zero-order valence-electron chi connectivity index (χ0n) is 14.0. The Balaban J connectivity index is 1.59. The SMILES string of the molecule is O=C(Nc1nc2n[c][nH]c2c(=O)[nH]1)OC(c1ccccc1)c1ccccc1. The molecule has 1 radical (unpaired) electrons. The van der Waals surface area contributed by atoms with Gasteiger partial charge in [-0.05, 0) is 11.1 Å². The summed E-state index contributed by atoms with van der Waals surface area (Å²) >= 11 is 0. The molecule has 0 atom stereocenters. The van der Waals surface area contributed by atoms with E-state index in [0.717, 1.165) is 11.1 Å². The number of ether oxygens (including phenoxy) is 1. The molecule has 2 aromatic heterocycles. The predicted molar refractivity (Wildman–Crippen MR) is 98.2 cm³/mol. The minimum atomic E-state index is -0.755. The van der Waals surface area contributed by atoms with Crippen LogP contribution in [0.3, 0.4) is 0 Å².